The summed E-state index contributed by atoms with van der Waals surface area (Å²) in [5.41, 5.74) is 10.6. The van der Waals surface area contributed by atoms with E-state index in [4.69, 9.17) is 25.7 Å². The van der Waals surface area contributed by atoms with Crippen LogP contribution in [0.25, 0.3) is 0 Å². The molecule has 1 fully saturated rings. The molecule has 0 saturated carbocycles. The summed E-state index contributed by atoms with van der Waals surface area (Å²) in [7, 11) is 0. The number of esters is 1. The number of nitrogens with two attached hydrogens (primary N) is 2. The van der Waals surface area contributed by atoms with Gasteiger partial charge in [-0.3, -0.25) is 9.69 Å². The molecule has 1 heterocycles. The number of primary amides is 1. The molecule has 0 aromatic carbocycles. The summed E-state index contributed by atoms with van der Waals surface area (Å²) in [4.78, 5) is 23.9. The first-order valence-corrected chi connectivity index (χ1v) is 8.73. The maximum atomic E-state index is 15.1. The number of carbonyl (C=O) groups is 2. The van der Waals surface area contributed by atoms with Gasteiger partial charge in [0.05, 0.1) is 5.76 Å². The van der Waals surface area contributed by atoms with Gasteiger partial charge < -0.3 is 25.7 Å². The zero-order chi connectivity index (χ0) is 21.6. The Kier molecular flexibility index (Phi) is 7.98. The van der Waals surface area contributed by atoms with Crippen LogP contribution in [0.15, 0.2) is 36.9 Å². The molecule has 1 aliphatic rings. The highest BCUT2D eigenvalue weighted by atomic mass is 19.3. The van der Waals surface area contributed by atoms with Crippen LogP contribution in [0, 0.1) is 0 Å². The number of rotatable bonds is 9. The second-order valence-corrected chi connectivity index (χ2v) is 6.24. The van der Waals surface area contributed by atoms with Crippen molar-refractivity contribution < 1.29 is 32.6 Å². The van der Waals surface area contributed by atoms with E-state index < -0.39 is 42.5 Å². The topological polar surface area (TPSA) is 117 Å². The van der Waals surface area contributed by atoms with E-state index in [1.165, 1.54) is 13.8 Å². The van der Waals surface area contributed by atoms with Gasteiger partial charge in [-0.25, -0.2) is 4.79 Å². The molecular weight excluding hydrogens is 376 g/mol. The molecule has 10 heteroatoms. The number of alkyl halides is 2. The Hall–Kier alpha value is -2.62. The molecule has 158 valence electrons. The van der Waals surface area contributed by atoms with Gasteiger partial charge in [0.2, 0.25) is 6.23 Å². The van der Waals surface area contributed by atoms with E-state index in [2.05, 4.69) is 13.2 Å². The van der Waals surface area contributed by atoms with Crippen LogP contribution in [0.4, 0.5) is 13.6 Å². The van der Waals surface area contributed by atoms with Crippen LogP contribution in [0.1, 0.15) is 33.6 Å². The Labute approximate surface area is 162 Å². The fraction of sp³-hybridized carbons (Fsp3) is 0.556. The molecule has 28 heavy (non-hydrogen) atoms. The van der Waals surface area contributed by atoms with Crippen LogP contribution >= 0.6 is 0 Å². The highest BCUT2D eigenvalue weighted by molar-refractivity contribution is 5.74. The Morgan fingerprint density at radius 1 is 1.29 bits per heavy atom. The molecule has 0 unspecified atom stereocenters. The number of ether oxygens (including phenoxy) is 3. The molecule has 1 aliphatic heterocycles. The van der Waals surface area contributed by atoms with E-state index in [-0.39, 0.29) is 12.1 Å². The largest absolute Gasteiger partial charge is 0.493 e. The van der Waals surface area contributed by atoms with Crippen LogP contribution < -0.4 is 11.5 Å². The summed E-state index contributed by atoms with van der Waals surface area (Å²) in [6.07, 6.45) is -4.08. The van der Waals surface area contributed by atoms with Crippen molar-refractivity contribution in [3.63, 3.8) is 0 Å². The third-order valence-electron chi connectivity index (χ3n) is 4.01. The molecule has 1 rings (SSSR count). The molecule has 2 amide bonds. The molecule has 0 bridgehead atoms. The average molecular weight is 403 g/mol. The lowest BCUT2D eigenvalue weighted by Gasteiger charge is -2.28. The van der Waals surface area contributed by atoms with Crippen LogP contribution in [-0.2, 0) is 19.0 Å². The van der Waals surface area contributed by atoms with Crippen molar-refractivity contribution in [2.24, 2.45) is 11.5 Å². The quantitative estimate of drug-likeness (QED) is 0.347. The first-order chi connectivity index (χ1) is 12.9. The fourth-order valence-corrected chi connectivity index (χ4v) is 2.51. The first-order valence-electron chi connectivity index (χ1n) is 8.73. The minimum absolute atomic E-state index is 0.00835. The number of halogens is 2. The zero-order valence-electron chi connectivity index (χ0n) is 16.2. The third kappa shape index (κ3) is 5.44. The molecule has 0 radical (unpaired) electrons. The van der Waals surface area contributed by atoms with Gasteiger partial charge in [-0.1, -0.05) is 27.0 Å². The smallest absolute Gasteiger partial charge is 0.331 e. The first kappa shape index (κ1) is 23.4. The Morgan fingerprint density at radius 2 is 1.89 bits per heavy atom. The maximum Gasteiger partial charge on any atom is 0.331 e. The van der Waals surface area contributed by atoms with E-state index in [9.17, 15) is 9.59 Å². The molecule has 1 saturated heterocycles. The highest BCUT2D eigenvalue weighted by Gasteiger charge is 2.65. The van der Waals surface area contributed by atoms with E-state index in [1.807, 2.05) is 0 Å². The van der Waals surface area contributed by atoms with Crippen LogP contribution in [0.5, 0.6) is 0 Å². The standard InChI is InChI=1S/C18H27F2N3O5/c1-6-11(4)26-12(5)14-15(27-13(24)7-2)18(19,20)16(28-14)23(17(22)25)9-8-10(3)21/h8-9,12,14-16H,3-4,6-7,21H2,1-2,5H3,(H2,22,25)/b9-8-/t12-,14+,15+,16+/m0/s1. The van der Waals surface area contributed by atoms with Crippen molar-refractivity contribution in [1.82, 2.24) is 4.90 Å². The van der Waals surface area contributed by atoms with Crippen molar-refractivity contribution in [1.29, 1.82) is 0 Å². The van der Waals surface area contributed by atoms with Crippen molar-refractivity contribution in [2.45, 2.75) is 64.1 Å². The van der Waals surface area contributed by atoms with E-state index in [1.54, 1.807) is 6.92 Å². The predicted octanol–water partition coefficient (Wildman–Crippen LogP) is 2.36. The van der Waals surface area contributed by atoms with Gasteiger partial charge in [0.15, 0.2) is 6.10 Å². The predicted molar refractivity (Wildman–Crippen MR) is 97.6 cm³/mol. The van der Waals surface area contributed by atoms with Crippen LogP contribution in [0.2, 0.25) is 0 Å². The highest BCUT2D eigenvalue weighted by Crippen LogP contribution is 2.42. The number of allylic oxidation sites excluding steroid dienone is 2. The summed E-state index contributed by atoms with van der Waals surface area (Å²) in [5, 5.41) is 0. The number of hydrogen-bond donors (Lipinski definition) is 2. The third-order valence-corrected chi connectivity index (χ3v) is 4.01. The SMILES string of the molecule is C=C(N)/C=C\N(C(N)=O)[C@@H]1O[C@H]([C@H](C)OC(=C)CC)[C@@H](OC(=O)CC)C1(F)F. The molecular formula is C18H27F2N3O5. The maximum absolute atomic E-state index is 15.1. The van der Waals surface area contributed by atoms with E-state index in [0.29, 0.717) is 17.1 Å². The van der Waals surface area contributed by atoms with Crippen LogP contribution in [0.3, 0.4) is 0 Å². The fourth-order valence-electron chi connectivity index (χ4n) is 2.51. The molecule has 0 spiro atoms. The molecule has 4 atom stereocenters. The van der Waals surface area contributed by atoms with Gasteiger partial charge in [-0.15, -0.1) is 0 Å². The van der Waals surface area contributed by atoms with E-state index >= 15 is 8.78 Å². The van der Waals surface area contributed by atoms with Crippen molar-refractivity contribution in [3.8, 4) is 0 Å². The summed E-state index contributed by atoms with van der Waals surface area (Å²) in [6.45, 7) is 11.8. The summed E-state index contributed by atoms with van der Waals surface area (Å²) in [5.74, 6) is -4.29. The minimum Gasteiger partial charge on any atom is -0.493 e. The molecule has 4 N–H and O–H groups in total. The van der Waals surface area contributed by atoms with Gasteiger partial charge in [0, 0.05) is 24.7 Å². The lowest BCUT2D eigenvalue weighted by atomic mass is 10.0. The Morgan fingerprint density at radius 3 is 2.36 bits per heavy atom. The molecule has 8 nitrogen and oxygen atoms in total. The minimum atomic E-state index is -3.78. The molecule has 0 aromatic heterocycles. The summed E-state index contributed by atoms with van der Waals surface area (Å²) < 4.78 is 46.1. The van der Waals surface area contributed by atoms with Gasteiger partial charge in [0.25, 0.3) is 0 Å². The summed E-state index contributed by atoms with van der Waals surface area (Å²) >= 11 is 0. The van der Waals surface area contributed by atoms with Crippen molar-refractivity contribution in [2.75, 3.05) is 0 Å². The molecule has 0 aromatic rings. The number of nitrogens with zero attached hydrogens (tertiary/aromatic N) is 1. The number of carbonyl (C=O) groups excluding carboxylic acids is 2. The lowest BCUT2D eigenvalue weighted by Crippen LogP contribution is -2.52. The van der Waals surface area contributed by atoms with Gasteiger partial charge in [-0.2, -0.15) is 8.78 Å². The van der Waals surface area contributed by atoms with E-state index in [0.717, 1.165) is 12.3 Å². The lowest BCUT2D eigenvalue weighted by molar-refractivity contribution is -0.177. The molecule has 0 aliphatic carbocycles. The van der Waals surface area contributed by atoms with Gasteiger partial charge in [0.1, 0.15) is 12.2 Å². The van der Waals surface area contributed by atoms with Crippen LogP contribution in [-0.4, -0.2) is 47.4 Å². The number of amides is 2. The number of hydrogen-bond acceptors (Lipinski definition) is 6. The van der Waals surface area contributed by atoms with Crippen molar-refractivity contribution in [3.05, 3.63) is 36.9 Å². The second kappa shape index (κ2) is 9.54. The monoisotopic (exact) mass is 403 g/mol. The Balaban J connectivity index is 3.28. The second-order valence-electron chi connectivity index (χ2n) is 6.24. The normalized spacial score (nSPS) is 24.5. The van der Waals surface area contributed by atoms with Gasteiger partial charge >= 0.3 is 17.9 Å². The summed E-state index contributed by atoms with van der Waals surface area (Å²) in [6, 6.07) is -1.21. The zero-order valence-corrected chi connectivity index (χ0v) is 16.2. The van der Waals surface area contributed by atoms with Gasteiger partial charge in [-0.05, 0) is 13.0 Å². The number of urea groups is 1. The van der Waals surface area contributed by atoms with Crippen molar-refractivity contribution >= 4 is 12.0 Å². The Bertz CT molecular complexity index is 653. The average Bonchev–Trinajstić information content (AvgIpc) is 2.85.